The third-order valence-corrected chi connectivity index (χ3v) is 4.61. The summed E-state index contributed by atoms with van der Waals surface area (Å²) < 4.78 is 5.51. The first-order valence-electron chi connectivity index (χ1n) is 7.06. The van der Waals surface area contributed by atoms with Crippen LogP contribution in [0, 0.1) is 6.92 Å². The van der Waals surface area contributed by atoms with Crippen molar-refractivity contribution in [2.75, 3.05) is 5.32 Å². The van der Waals surface area contributed by atoms with Gasteiger partial charge in [-0.1, -0.05) is 30.3 Å². The fourth-order valence-electron chi connectivity index (χ4n) is 2.58. The predicted octanol–water partition coefficient (Wildman–Crippen LogP) is 5.06. The van der Waals surface area contributed by atoms with Gasteiger partial charge in [-0.15, -0.1) is 11.3 Å². The normalized spacial score (nSPS) is 12.4. The van der Waals surface area contributed by atoms with Crippen molar-refractivity contribution in [3.8, 4) is 27.6 Å². The van der Waals surface area contributed by atoms with Crippen LogP contribution in [-0.2, 0) is 0 Å². The minimum atomic E-state index is 0.849. The minimum absolute atomic E-state index is 0.849. The van der Waals surface area contributed by atoms with E-state index in [1.54, 1.807) is 23.8 Å². The highest BCUT2D eigenvalue weighted by Gasteiger charge is 2.15. The number of benzene rings is 2. The highest BCUT2D eigenvalue weighted by Crippen LogP contribution is 2.38. The maximum absolute atomic E-state index is 5.51. The van der Waals surface area contributed by atoms with Gasteiger partial charge >= 0.3 is 0 Å². The molecule has 22 heavy (non-hydrogen) atoms. The van der Waals surface area contributed by atoms with Crippen LogP contribution in [0.15, 0.2) is 60.3 Å². The molecule has 2 aromatic carbocycles. The van der Waals surface area contributed by atoms with Crippen LogP contribution in [0.2, 0.25) is 0 Å². The second-order valence-corrected chi connectivity index (χ2v) is 5.94. The molecule has 3 nitrogen and oxygen atoms in total. The lowest BCUT2D eigenvalue weighted by atomic mass is 10.0. The number of hydrogen-bond donors (Lipinski definition) is 1. The molecule has 108 valence electrons. The predicted molar refractivity (Wildman–Crippen MR) is 91.1 cm³/mol. The molecular formula is C18H14N2OS. The van der Waals surface area contributed by atoms with Crippen molar-refractivity contribution in [2.45, 2.75) is 6.92 Å². The standard InChI is InChI=1S/C18H14N2OS/c1-12-14(7-8-16-17(12)19-9-10-21-16)15-11-22-18(20-15)13-5-3-2-4-6-13/h2-11,19H,1H3. The summed E-state index contributed by atoms with van der Waals surface area (Å²) in [5.74, 6) is 0.849. The second-order valence-electron chi connectivity index (χ2n) is 5.08. The van der Waals surface area contributed by atoms with Crippen molar-refractivity contribution in [3.63, 3.8) is 0 Å². The van der Waals surface area contributed by atoms with Gasteiger partial charge in [0.2, 0.25) is 0 Å². The van der Waals surface area contributed by atoms with E-state index in [1.165, 1.54) is 0 Å². The van der Waals surface area contributed by atoms with Gasteiger partial charge in [0.15, 0.2) is 0 Å². The van der Waals surface area contributed by atoms with Crippen molar-refractivity contribution in [3.05, 3.63) is 65.9 Å². The van der Waals surface area contributed by atoms with Gasteiger partial charge in [0.05, 0.1) is 11.4 Å². The van der Waals surface area contributed by atoms with Crippen LogP contribution in [0.3, 0.4) is 0 Å². The molecule has 0 unspecified atom stereocenters. The van der Waals surface area contributed by atoms with Crippen molar-refractivity contribution in [1.82, 2.24) is 4.98 Å². The highest BCUT2D eigenvalue weighted by atomic mass is 32.1. The molecule has 0 fully saturated rings. The molecule has 0 saturated carbocycles. The summed E-state index contributed by atoms with van der Waals surface area (Å²) in [4.78, 5) is 4.79. The van der Waals surface area contributed by atoms with Crippen molar-refractivity contribution in [1.29, 1.82) is 0 Å². The van der Waals surface area contributed by atoms with Gasteiger partial charge in [0, 0.05) is 22.7 Å². The largest absolute Gasteiger partial charge is 0.461 e. The molecule has 0 aliphatic carbocycles. The van der Waals surface area contributed by atoms with Crippen molar-refractivity contribution >= 4 is 17.0 Å². The summed E-state index contributed by atoms with van der Waals surface area (Å²) in [6.07, 6.45) is 3.45. The average Bonchev–Trinajstić information content (AvgIpc) is 3.06. The lowest BCUT2D eigenvalue weighted by Gasteiger charge is -2.17. The van der Waals surface area contributed by atoms with Crippen LogP contribution < -0.4 is 10.1 Å². The van der Waals surface area contributed by atoms with Gasteiger partial charge in [-0.2, -0.15) is 0 Å². The Kier molecular flexibility index (Phi) is 3.16. The lowest BCUT2D eigenvalue weighted by molar-refractivity contribution is 0.477. The first-order valence-corrected chi connectivity index (χ1v) is 7.94. The summed E-state index contributed by atoms with van der Waals surface area (Å²) in [6.45, 7) is 2.09. The molecule has 1 N–H and O–H groups in total. The molecule has 1 aliphatic rings. The number of aromatic nitrogens is 1. The number of thiazole rings is 1. The molecule has 2 heterocycles. The van der Waals surface area contributed by atoms with E-state index in [2.05, 4.69) is 35.8 Å². The molecular weight excluding hydrogens is 292 g/mol. The monoisotopic (exact) mass is 306 g/mol. The smallest absolute Gasteiger partial charge is 0.150 e. The number of anilines is 1. The Morgan fingerprint density at radius 2 is 1.95 bits per heavy atom. The number of rotatable bonds is 2. The molecule has 1 aromatic heterocycles. The van der Waals surface area contributed by atoms with Crippen LogP contribution in [0.1, 0.15) is 5.56 Å². The fraction of sp³-hybridized carbons (Fsp3) is 0.0556. The van der Waals surface area contributed by atoms with E-state index in [4.69, 9.17) is 9.72 Å². The summed E-state index contributed by atoms with van der Waals surface area (Å²) in [7, 11) is 0. The molecule has 4 rings (SSSR count). The Morgan fingerprint density at radius 1 is 1.09 bits per heavy atom. The first-order chi connectivity index (χ1) is 10.8. The summed E-state index contributed by atoms with van der Waals surface area (Å²) in [5.41, 5.74) is 5.43. The van der Waals surface area contributed by atoms with E-state index in [9.17, 15) is 0 Å². The lowest BCUT2D eigenvalue weighted by Crippen LogP contribution is -2.02. The van der Waals surface area contributed by atoms with E-state index in [0.717, 1.165) is 38.8 Å². The maximum Gasteiger partial charge on any atom is 0.150 e. The minimum Gasteiger partial charge on any atom is -0.461 e. The molecule has 0 amide bonds. The number of hydrogen-bond acceptors (Lipinski definition) is 4. The fourth-order valence-corrected chi connectivity index (χ4v) is 3.40. The average molecular weight is 306 g/mol. The number of nitrogens with one attached hydrogen (secondary N) is 1. The Hall–Kier alpha value is -2.59. The third-order valence-electron chi connectivity index (χ3n) is 3.72. The molecule has 3 aromatic rings. The quantitative estimate of drug-likeness (QED) is 0.718. The number of nitrogens with zero attached hydrogens (tertiary/aromatic N) is 1. The van der Waals surface area contributed by atoms with Gasteiger partial charge in [0.1, 0.15) is 17.0 Å². The molecule has 0 saturated heterocycles. The Morgan fingerprint density at radius 3 is 2.82 bits per heavy atom. The van der Waals surface area contributed by atoms with Crippen LogP contribution in [0.5, 0.6) is 5.75 Å². The molecule has 0 bridgehead atoms. The molecule has 0 spiro atoms. The maximum atomic E-state index is 5.51. The molecule has 4 heteroatoms. The van der Waals surface area contributed by atoms with Crippen molar-refractivity contribution in [2.24, 2.45) is 0 Å². The van der Waals surface area contributed by atoms with Gasteiger partial charge in [-0.3, -0.25) is 0 Å². The summed E-state index contributed by atoms with van der Waals surface area (Å²) >= 11 is 1.67. The van der Waals surface area contributed by atoms with Gasteiger partial charge < -0.3 is 10.1 Å². The zero-order chi connectivity index (χ0) is 14.9. The van der Waals surface area contributed by atoms with Crippen LogP contribution in [-0.4, -0.2) is 4.98 Å². The SMILES string of the molecule is Cc1c(-c2csc(-c3ccccc3)n2)ccc2c1NC=CO2. The van der Waals surface area contributed by atoms with E-state index in [0.29, 0.717) is 0 Å². The Labute approximate surface area is 132 Å². The van der Waals surface area contributed by atoms with Gasteiger partial charge in [0.25, 0.3) is 0 Å². The molecule has 1 aliphatic heterocycles. The third kappa shape index (κ3) is 2.18. The first kappa shape index (κ1) is 13.1. The van der Waals surface area contributed by atoms with E-state index < -0.39 is 0 Å². The van der Waals surface area contributed by atoms with Crippen LogP contribution in [0.4, 0.5) is 5.69 Å². The Balaban J connectivity index is 1.76. The second kappa shape index (κ2) is 5.31. The zero-order valence-corrected chi connectivity index (χ0v) is 12.9. The molecule has 0 atom stereocenters. The Bertz CT molecular complexity index is 853. The van der Waals surface area contributed by atoms with Crippen LogP contribution >= 0.6 is 11.3 Å². The van der Waals surface area contributed by atoms with Gasteiger partial charge in [-0.25, -0.2) is 4.98 Å². The molecule has 0 radical (unpaired) electrons. The summed E-state index contributed by atoms with van der Waals surface area (Å²) in [5, 5.41) is 6.40. The highest BCUT2D eigenvalue weighted by molar-refractivity contribution is 7.13. The van der Waals surface area contributed by atoms with Crippen LogP contribution in [0.25, 0.3) is 21.8 Å². The number of ether oxygens (including phenoxy) is 1. The van der Waals surface area contributed by atoms with Crippen molar-refractivity contribution < 1.29 is 4.74 Å². The summed E-state index contributed by atoms with van der Waals surface area (Å²) in [6, 6.07) is 14.3. The zero-order valence-electron chi connectivity index (χ0n) is 12.0. The topological polar surface area (TPSA) is 34.2 Å². The van der Waals surface area contributed by atoms with E-state index in [1.807, 2.05) is 24.3 Å². The van der Waals surface area contributed by atoms with Gasteiger partial charge in [-0.05, 0) is 24.6 Å². The van der Waals surface area contributed by atoms with E-state index >= 15 is 0 Å². The number of fused-ring (bicyclic) bond motifs is 1. The van der Waals surface area contributed by atoms with E-state index in [-0.39, 0.29) is 0 Å².